The van der Waals surface area contributed by atoms with Crippen LogP contribution in [0.3, 0.4) is 0 Å². The third kappa shape index (κ3) is 2.69. The normalized spacial score (nSPS) is 26.2. The molecule has 1 spiro atoms. The summed E-state index contributed by atoms with van der Waals surface area (Å²) in [7, 11) is 0. The Morgan fingerprint density at radius 3 is 2.84 bits per heavy atom. The highest BCUT2D eigenvalue weighted by Crippen LogP contribution is 2.65. The maximum Gasteiger partial charge on any atom is 0.0722 e. The number of allylic oxidation sites excluding steroid dienone is 14. The quantitative estimate of drug-likeness (QED) is 0.532. The standard InChI is InChI=1S/C30H29N/c1-4-12-26-22(6-3)23-14-7-9-17-27(23)30(26)28-18-10-8-15-24(28)25-16-11-13-21(20-29(25)30)31-19-5-2/h4-6,8-10,12-13,15-18,20,31H,1-2,7,11,14,19H2,3H3/b22-6-,26-12+. The SMILES string of the molecule is C=C/C=C1\C(=C/C)C2=C(C=CCC2)C12C1=CC(NCC=C)=CCC=C1c1ccccc12. The Hall–Kier alpha value is -3.32. The number of nitrogens with one attached hydrogen (secondary N) is 1. The highest BCUT2D eigenvalue weighted by Gasteiger charge is 2.55. The number of rotatable bonds is 4. The van der Waals surface area contributed by atoms with E-state index in [4.69, 9.17) is 0 Å². The summed E-state index contributed by atoms with van der Waals surface area (Å²) in [4.78, 5) is 0. The first-order valence-electron chi connectivity index (χ1n) is 11.2. The molecule has 0 radical (unpaired) electrons. The van der Waals surface area contributed by atoms with Crippen molar-refractivity contribution in [3.63, 3.8) is 0 Å². The zero-order valence-corrected chi connectivity index (χ0v) is 18.2. The van der Waals surface area contributed by atoms with Gasteiger partial charge in [0.05, 0.1) is 5.41 Å². The number of fused-ring (bicyclic) bond motifs is 6. The first-order chi connectivity index (χ1) is 15.3. The predicted octanol–water partition coefficient (Wildman–Crippen LogP) is 7.03. The van der Waals surface area contributed by atoms with E-state index in [2.05, 4.69) is 92.2 Å². The van der Waals surface area contributed by atoms with E-state index in [1.165, 1.54) is 50.3 Å². The second-order valence-corrected chi connectivity index (χ2v) is 8.39. The molecule has 0 saturated carbocycles. The third-order valence-electron chi connectivity index (χ3n) is 6.89. The molecule has 4 aliphatic rings. The fraction of sp³-hybridized carbons (Fsp3) is 0.200. The molecule has 0 amide bonds. The molecular weight excluding hydrogens is 374 g/mol. The van der Waals surface area contributed by atoms with Crippen LogP contribution in [0.1, 0.15) is 37.3 Å². The summed E-state index contributed by atoms with van der Waals surface area (Å²) in [6.45, 7) is 10.9. The lowest BCUT2D eigenvalue weighted by molar-refractivity contribution is 0.771. The van der Waals surface area contributed by atoms with Crippen LogP contribution in [-0.2, 0) is 5.41 Å². The van der Waals surface area contributed by atoms with Crippen LogP contribution < -0.4 is 5.32 Å². The fourth-order valence-electron chi connectivity index (χ4n) is 5.82. The van der Waals surface area contributed by atoms with E-state index in [1.807, 2.05) is 12.2 Å². The minimum atomic E-state index is -0.288. The molecule has 4 aliphatic carbocycles. The zero-order valence-electron chi connectivity index (χ0n) is 18.2. The van der Waals surface area contributed by atoms with Gasteiger partial charge in [-0.3, -0.25) is 0 Å². The maximum atomic E-state index is 4.09. The van der Waals surface area contributed by atoms with Gasteiger partial charge >= 0.3 is 0 Å². The van der Waals surface area contributed by atoms with Crippen LogP contribution in [0.25, 0.3) is 5.57 Å². The van der Waals surface area contributed by atoms with Gasteiger partial charge in [0.2, 0.25) is 0 Å². The van der Waals surface area contributed by atoms with Crippen molar-refractivity contribution in [1.82, 2.24) is 5.32 Å². The molecule has 1 heteroatoms. The second-order valence-electron chi connectivity index (χ2n) is 8.39. The lowest BCUT2D eigenvalue weighted by Crippen LogP contribution is -2.28. The smallest absolute Gasteiger partial charge is 0.0722 e. The average Bonchev–Trinajstić information content (AvgIpc) is 3.11. The van der Waals surface area contributed by atoms with Crippen LogP contribution >= 0.6 is 0 Å². The summed E-state index contributed by atoms with van der Waals surface area (Å²) >= 11 is 0. The second kappa shape index (κ2) is 7.74. The van der Waals surface area contributed by atoms with E-state index in [-0.39, 0.29) is 5.41 Å². The Balaban J connectivity index is 1.88. The summed E-state index contributed by atoms with van der Waals surface area (Å²) in [5.41, 5.74) is 12.0. The van der Waals surface area contributed by atoms with Crippen molar-refractivity contribution in [3.8, 4) is 0 Å². The Bertz CT molecular complexity index is 1190. The lowest BCUT2D eigenvalue weighted by atomic mass is 9.68. The molecule has 1 nitrogen and oxygen atoms in total. The monoisotopic (exact) mass is 403 g/mol. The molecular formula is C30H29N. The van der Waals surface area contributed by atoms with Gasteiger partial charge in [-0.1, -0.05) is 79.5 Å². The van der Waals surface area contributed by atoms with E-state index in [0.717, 1.165) is 25.8 Å². The van der Waals surface area contributed by atoms with Gasteiger partial charge in [0, 0.05) is 12.2 Å². The molecule has 0 saturated heterocycles. The molecule has 0 bridgehead atoms. The zero-order chi connectivity index (χ0) is 21.4. The molecule has 31 heavy (non-hydrogen) atoms. The average molecular weight is 404 g/mol. The molecule has 0 aromatic heterocycles. The minimum Gasteiger partial charge on any atom is -0.382 e. The van der Waals surface area contributed by atoms with Gasteiger partial charge in [0.1, 0.15) is 0 Å². The summed E-state index contributed by atoms with van der Waals surface area (Å²) < 4.78 is 0. The van der Waals surface area contributed by atoms with Crippen molar-refractivity contribution in [3.05, 3.63) is 137 Å². The molecule has 1 aromatic rings. The highest BCUT2D eigenvalue weighted by atomic mass is 14.9. The van der Waals surface area contributed by atoms with Gasteiger partial charge in [-0.15, -0.1) is 6.58 Å². The van der Waals surface area contributed by atoms with Crippen LogP contribution in [0.5, 0.6) is 0 Å². The summed E-state index contributed by atoms with van der Waals surface area (Å²) in [6, 6.07) is 8.97. The molecule has 0 heterocycles. The van der Waals surface area contributed by atoms with Crippen molar-refractivity contribution in [1.29, 1.82) is 0 Å². The largest absolute Gasteiger partial charge is 0.382 e. The van der Waals surface area contributed by atoms with E-state index < -0.39 is 0 Å². The topological polar surface area (TPSA) is 12.0 Å². The van der Waals surface area contributed by atoms with E-state index in [1.54, 1.807) is 0 Å². The van der Waals surface area contributed by atoms with E-state index in [9.17, 15) is 0 Å². The Morgan fingerprint density at radius 1 is 1.16 bits per heavy atom. The minimum absolute atomic E-state index is 0.288. The van der Waals surface area contributed by atoms with Crippen LogP contribution in [0.2, 0.25) is 0 Å². The fourth-order valence-corrected chi connectivity index (χ4v) is 5.82. The summed E-state index contributed by atoms with van der Waals surface area (Å²) in [6.07, 6.45) is 23.3. The van der Waals surface area contributed by atoms with Gasteiger partial charge < -0.3 is 5.32 Å². The molecule has 0 aliphatic heterocycles. The lowest BCUT2D eigenvalue weighted by Gasteiger charge is -2.33. The van der Waals surface area contributed by atoms with E-state index in [0.29, 0.717) is 0 Å². The molecule has 5 rings (SSSR count). The Kier molecular flexibility index (Phi) is 4.90. The van der Waals surface area contributed by atoms with Gasteiger partial charge in [-0.25, -0.2) is 0 Å². The highest BCUT2D eigenvalue weighted by molar-refractivity contribution is 5.98. The summed E-state index contributed by atoms with van der Waals surface area (Å²) in [5.74, 6) is 0. The predicted molar refractivity (Wildman–Crippen MR) is 133 cm³/mol. The van der Waals surface area contributed by atoms with Crippen molar-refractivity contribution in [2.24, 2.45) is 0 Å². The molecule has 154 valence electrons. The molecule has 1 aromatic carbocycles. The molecule has 1 unspecified atom stereocenters. The van der Waals surface area contributed by atoms with Crippen molar-refractivity contribution >= 4 is 5.57 Å². The van der Waals surface area contributed by atoms with Gasteiger partial charge in [-0.2, -0.15) is 0 Å². The number of hydrogen-bond acceptors (Lipinski definition) is 1. The van der Waals surface area contributed by atoms with Gasteiger partial charge in [-0.05, 0) is 76.8 Å². The maximum absolute atomic E-state index is 4.09. The number of benzene rings is 1. The van der Waals surface area contributed by atoms with Crippen LogP contribution in [-0.4, -0.2) is 6.54 Å². The summed E-state index contributed by atoms with van der Waals surface area (Å²) in [5, 5.41) is 3.55. The van der Waals surface area contributed by atoms with Crippen LogP contribution in [0, 0.1) is 0 Å². The molecule has 1 N–H and O–H groups in total. The van der Waals surface area contributed by atoms with Gasteiger partial charge in [0.15, 0.2) is 0 Å². The van der Waals surface area contributed by atoms with E-state index >= 15 is 0 Å². The Morgan fingerprint density at radius 2 is 2.03 bits per heavy atom. The van der Waals surface area contributed by atoms with Crippen LogP contribution in [0.15, 0.2) is 126 Å². The first-order valence-corrected chi connectivity index (χ1v) is 11.2. The van der Waals surface area contributed by atoms with Gasteiger partial charge in [0.25, 0.3) is 0 Å². The van der Waals surface area contributed by atoms with Crippen molar-refractivity contribution in [2.45, 2.75) is 31.6 Å². The third-order valence-corrected chi connectivity index (χ3v) is 6.89. The first kappa shape index (κ1) is 19.6. The van der Waals surface area contributed by atoms with Crippen molar-refractivity contribution in [2.75, 3.05) is 6.54 Å². The van der Waals surface area contributed by atoms with Crippen molar-refractivity contribution < 1.29 is 0 Å². The Labute approximate surface area is 186 Å². The number of hydrogen-bond donors (Lipinski definition) is 1. The molecule has 1 atom stereocenters. The molecule has 0 fully saturated rings. The van der Waals surface area contributed by atoms with Crippen LogP contribution in [0.4, 0.5) is 0 Å².